The molecule has 0 saturated carbocycles. The van der Waals surface area contributed by atoms with Crippen LogP contribution in [0.2, 0.25) is 0 Å². The van der Waals surface area contributed by atoms with Crippen molar-refractivity contribution in [3.8, 4) is 0 Å². The highest BCUT2D eigenvalue weighted by Crippen LogP contribution is 2.08. The van der Waals surface area contributed by atoms with Crippen molar-refractivity contribution in [2.24, 2.45) is 7.05 Å². The minimum absolute atomic E-state index is 0.0399. The third-order valence-corrected chi connectivity index (χ3v) is 2.64. The fourth-order valence-corrected chi connectivity index (χ4v) is 1.45. The number of nitrogens with zero attached hydrogens (tertiary/aromatic N) is 3. The smallest absolute Gasteiger partial charge is 0.293 e. The topological polar surface area (TPSA) is 50.2 Å². The lowest BCUT2D eigenvalue weighted by atomic mass is 10.1. The van der Waals surface area contributed by atoms with E-state index in [1.165, 1.54) is 0 Å². The molecule has 2 heterocycles. The average Bonchev–Trinajstić information content (AvgIpc) is 2.06. The summed E-state index contributed by atoms with van der Waals surface area (Å²) < 4.78 is 1.55. The van der Waals surface area contributed by atoms with Crippen LogP contribution in [0.1, 0.15) is 0 Å². The van der Waals surface area contributed by atoms with Gasteiger partial charge in [-0.1, -0.05) is 0 Å². The van der Waals surface area contributed by atoms with Crippen molar-refractivity contribution in [2.45, 2.75) is 6.04 Å². The Hall–Kier alpha value is -1.36. The maximum Gasteiger partial charge on any atom is 0.293 e. The molecule has 0 amide bonds. The highest BCUT2D eigenvalue weighted by atomic mass is 16.1. The lowest BCUT2D eigenvalue weighted by molar-refractivity contribution is 0.425. The van der Waals surface area contributed by atoms with Crippen LogP contribution in [-0.2, 0) is 7.05 Å². The summed E-state index contributed by atoms with van der Waals surface area (Å²) >= 11 is 0. The SMILES string of the molecule is CN(c1nccn(C)c1=O)C1CNC1. The molecule has 1 saturated heterocycles. The van der Waals surface area contributed by atoms with Crippen LogP contribution in [0.15, 0.2) is 17.2 Å². The number of hydrogen-bond acceptors (Lipinski definition) is 4. The molecule has 76 valence electrons. The monoisotopic (exact) mass is 194 g/mol. The second-order valence-electron chi connectivity index (χ2n) is 3.59. The Labute approximate surface area is 82.4 Å². The quantitative estimate of drug-likeness (QED) is 0.669. The van der Waals surface area contributed by atoms with Gasteiger partial charge in [-0.3, -0.25) is 4.79 Å². The van der Waals surface area contributed by atoms with Gasteiger partial charge in [-0.2, -0.15) is 0 Å². The largest absolute Gasteiger partial charge is 0.350 e. The molecule has 1 fully saturated rings. The molecule has 5 nitrogen and oxygen atoms in total. The maximum atomic E-state index is 11.7. The number of nitrogens with one attached hydrogen (secondary N) is 1. The summed E-state index contributed by atoms with van der Waals surface area (Å²) in [4.78, 5) is 17.7. The molecular weight excluding hydrogens is 180 g/mol. The van der Waals surface area contributed by atoms with Crippen LogP contribution in [-0.4, -0.2) is 35.7 Å². The Morgan fingerprint density at radius 3 is 2.93 bits per heavy atom. The van der Waals surface area contributed by atoms with Gasteiger partial charge in [-0.15, -0.1) is 0 Å². The molecule has 14 heavy (non-hydrogen) atoms. The van der Waals surface area contributed by atoms with Gasteiger partial charge in [0.2, 0.25) is 0 Å². The summed E-state index contributed by atoms with van der Waals surface area (Å²) in [6.07, 6.45) is 3.32. The van der Waals surface area contributed by atoms with Crippen molar-refractivity contribution in [3.63, 3.8) is 0 Å². The van der Waals surface area contributed by atoms with Gasteiger partial charge in [0.25, 0.3) is 5.56 Å². The normalized spacial score (nSPS) is 16.4. The van der Waals surface area contributed by atoms with Crippen LogP contribution < -0.4 is 15.8 Å². The summed E-state index contributed by atoms with van der Waals surface area (Å²) in [5.41, 5.74) is -0.0399. The Morgan fingerprint density at radius 1 is 1.64 bits per heavy atom. The van der Waals surface area contributed by atoms with E-state index in [9.17, 15) is 4.79 Å². The van der Waals surface area contributed by atoms with Gasteiger partial charge in [0, 0.05) is 39.6 Å². The molecule has 5 heteroatoms. The van der Waals surface area contributed by atoms with E-state index in [4.69, 9.17) is 0 Å². The summed E-state index contributed by atoms with van der Waals surface area (Å²) in [7, 11) is 3.65. The van der Waals surface area contributed by atoms with E-state index < -0.39 is 0 Å². The predicted octanol–water partition coefficient (Wildman–Crippen LogP) is -0.812. The van der Waals surface area contributed by atoms with Crippen LogP contribution >= 0.6 is 0 Å². The van der Waals surface area contributed by atoms with Gasteiger partial charge in [0.15, 0.2) is 5.82 Å². The van der Waals surface area contributed by atoms with Crippen molar-refractivity contribution < 1.29 is 0 Å². The molecule has 0 atom stereocenters. The standard InChI is InChI=1S/C9H14N4O/c1-12-4-3-11-8(9(12)14)13(2)7-5-10-6-7/h3-4,7,10H,5-6H2,1-2H3. The van der Waals surface area contributed by atoms with E-state index in [2.05, 4.69) is 10.3 Å². The third kappa shape index (κ3) is 1.39. The Bertz CT molecular complexity index is 383. The Balaban J connectivity index is 2.31. The van der Waals surface area contributed by atoms with Gasteiger partial charge >= 0.3 is 0 Å². The first-order valence-electron chi connectivity index (χ1n) is 4.65. The van der Waals surface area contributed by atoms with Crippen molar-refractivity contribution in [1.29, 1.82) is 0 Å². The summed E-state index contributed by atoms with van der Waals surface area (Å²) in [5.74, 6) is 0.529. The molecule has 0 spiro atoms. The van der Waals surface area contributed by atoms with Crippen molar-refractivity contribution >= 4 is 5.82 Å². The first-order chi connectivity index (χ1) is 6.70. The molecule has 0 unspecified atom stereocenters. The van der Waals surface area contributed by atoms with Gasteiger partial charge in [0.1, 0.15) is 0 Å². The fraction of sp³-hybridized carbons (Fsp3) is 0.556. The maximum absolute atomic E-state index is 11.7. The van der Waals surface area contributed by atoms with Gasteiger partial charge in [-0.05, 0) is 0 Å². The van der Waals surface area contributed by atoms with E-state index in [0.717, 1.165) is 13.1 Å². The van der Waals surface area contributed by atoms with Crippen molar-refractivity contribution in [2.75, 3.05) is 25.0 Å². The number of aromatic nitrogens is 2. The summed E-state index contributed by atoms with van der Waals surface area (Å²) in [6.45, 7) is 1.85. The minimum Gasteiger partial charge on any atom is -0.350 e. The van der Waals surface area contributed by atoms with Crippen LogP contribution in [0, 0.1) is 0 Å². The van der Waals surface area contributed by atoms with E-state index in [0.29, 0.717) is 11.9 Å². The molecule has 1 N–H and O–H groups in total. The molecule has 0 radical (unpaired) electrons. The van der Waals surface area contributed by atoms with E-state index >= 15 is 0 Å². The second-order valence-corrected chi connectivity index (χ2v) is 3.59. The first-order valence-corrected chi connectivity index (χ1v) is 4.65. The van der Waals surface area contributed by atoms with Gasteiger partial charge in [0.05, 0.1) is 6.04 Å². The highest BCUT2D eigenvalue weighted by molar-refractivity contribution is 5.37. The number of likely N-dealkylation sites (N-methyl/N-ethyl adjacent to an activating group) is 1. The summed E-state index contributed by atoms with van der Waals surface area (Å²) in [5, 5.41) is 3.17. The predicted molar refractivity (Wildman–Crippen MR) is 54.5 cm³/mol. The first kappa shape index (κ1) is 9.21. The molecule has 1 aliphatic rings. The van der Waals surface area contributed by atoms with Crippen LogP contribution in [0.4, 0.5) is 5.82 Å². The van der Waals surface area contributed by atoms with Crippen LogP contribution in [0.3, 0.4) is 0 Å². The number of anilines is 1. The molecule has 1 aromatic heterocycles. The Morgan fingerprint density at radius 2 is 2.36 bits per heavy atom. The number of rotatable bonds is 2. The van der Waals surface area contributed by atoms with E-state index in [-0.39, 0.29) is 5.56 Å². The van der Waals surface area contributed by atoms with Gasteiger partial charge in [-0.25, -0.2) is 4.98 Å². The Kier molecular flexibility index (Phi) is 2.25. The lowest BCUT2D eigenvalue weighted by Crippen LogP contribution is -2.57. The van der Waals surface area contributed by atoms with Crippen LogP contribution in [0.5, 0.6) is 0 Å². The highest BCUT2D eigenvalue weighted by Gasteiger charge is 2.24. The van der Waals surface area contributed by atoms with Crippen molar-refractivity contribution in [1.82, 2.24) is 14.9 Å². The minimum atomic E-state index is -0.0399. The fourth-order valence-electron chi connectivity index (χ4n) is 1.45. The molecular formula is C9H14N4O. The molecule has 0 bridgehead atoms. The average molecular weight is 194 g/mol. The summed E-state index contributed by atoms with van der Waals surface area (Å²) in [6, 6.07) is 0.401. The molecule has 0 aromatic carbocycles. The molecule has 1 aromatic rings. The molecule has 1 aliphatic heterocycles. The van der Waals surface area contributed by atoms with E-state index in [1.54, 1.807) is 24.0 Å². The number of hydrogen-bond donors (Lipinski definition) is 1. The zero-order valence-corrected chi connectivity index (χ0v) is 8.40. The van der Waals surface area contributed by atoms with E-state index in [1.807, 2.05) is 11.9 Å². The van der Waals surface area contributed by atoms with Gasteiger partial charge < -0.3 is 14.8 Å². The number of aryl methyl sites for hydroxylation is 1. The lowest BCUT2D eigenvalue weighted by Gasteiger charge is -2.35. The van der Waals surface area contributed by atoms with Crippen molar-refractivity contribution in [3.05, 3.63) is 22.7 Å². The zero-order chi connectivity index (χ0) is 10.1. The molecule has 0 aliphatic carbocycles. The second kappa shape index (κ2) is 3.42. The van der Waals surface area contributed by atoms with Crippen LogP contribution in [0.25, 0.3) is 0 Å². The molecule has 2 rings (SSSR count). The zero-order valence-electron chi connectivity index (χ0n) is 8.40. The third-order valence-electron chi connectivity index (χ3n) is 2.64.